The molecule has 0 saturated heterocycles. The smallest absolute Gasteiger partial charge is 0.223 e. The van der Waals surface area contributed by atoms with Gasteiger partial charge in [-0.2, -0.15) is 0 Å². The van der Waals surface area contributed by atoms with Crippen molar-refractivity contribution in [3.05, 3.63) is 41.7 Å². The summed E-state index contributed by atoms with van der Waals surface area (Å²) in [6, 6.07) is 3.99. The minimum Gasteiger partial charge on any atom is -0.354 e. The zero-order valence-electron chi connectivity index (χ0n) is 13.3. The zero-order valence-corrected chi connectivity index (χ0v) is 13.3. The summed E-state index contributed by atoms with van der Waals surface area (Å²) in [6.07, 6.45) is 6.59. The predicted molar refractivity (Wildman–Crippen MR) is 85.6 cm³/mol. The van der Waals surface area contributed by atoms with Gasteiger partial charge in [0.25, 0.3) is 0 Å². The molecule has 0 spiro atoms. The highest BCUT2D eigenvalue weighted by atomic mass is 16.1. The van der Waals surface area contributed by atoms with Gasteiger partial charge in [0.2, 0.25) is 5.91 Å². The van der Waals surface area contributed by atoms with Crippen LogP contribution in [0.2, 0.25) is 0 Å². The first-order valence-corrected chi connectivity index (χ1v) is 8.09. The molecule has 0 aromatic carbocycles. The van der Waals surface area contributed by atoms with Crippen molar-refractivity contribution in [2.75, 3.05) is 6.54 Å². The standard InChI is InChI=1S/C17H24N4O/c1-12(2)16-19-14-6-5-13(11-15(14)20-16)17(22)18-7-10-21-8-3-4-9-21/h3-4,8-9,12-13H,5-7,10-11H2,1-2H3,(H,18,22)(H,19,20). The first-order valence-electron chi connectivity index (χ1n) is 8.09. The predicted octanol–water partition coefficient (Wildman–Crippen LogP) is 2.26. The summed E-state index contributed by atoms with van der Waals surface area (Å²) in [7, 11) is 0. The number of carbonyl (C=O) groups excluding carboxylic acids is 1. The Morgan fingerprint density at radius 3 is 2.95 bits per heavy atom. The maximum Gasteiger partial charge on any atom is 0.223 e. The molecule has 0 radical (unpaired) electrons. The number of hydrogen-bond donors (Lipinski definition) is 2. The van der Waals surface area contributed by atoms with Crippen LogP contribution in [0.4, 0.5) is 0 Å². The SMILES string of the molecule is CC(C)c1nc2c([nH]1)CC(C(=O)NCCn1cccc1)CC2. The van der Waals surface area contributed by atoms with E-state index in [4.69, 9.17) is 0 Å². The van der Waals surface area contributed by atoms with E-state index in [2.05, 4.69) is 33.7 Å². The van der Waals surface area contributed by atoms with Gasteiger partial charge in [0, 0.05) is 49.4 Å². The Hall–Kier alpha value is -2.04. The molecular weight excluding hydrogens is 276 g/mol. The number of imidazole rings is 1. The molecule has 1 aliphatic rings. The van der Waals surface area contributed by atoms with Crippen molar-refractivity contribution in [1.82, 2.24) is 19.9 Å². The lowest BCUT2D eigenvalue weighted by Gasteiger charge is -2.20. The average Bonchev–Trinajstić information content (AvgIpc) is 3.15. The summed E-state index contributed by atoms with van der Waals surface area (Å²) in [5.74, 6) is 1.68. The number of rotatable bonds is 5. The van der Waals surface area contributed by atoms with Gasteiger partial charge in [-0.3, -0.25) is 4.79 Å². The summed E-state index contributed by atoms with van der Waals surface area (Å²) in [4.78, 5) is 20.4. The van der Waals surface area contributed by atoms with Crippen LogP contribution in [0, 0.1) is 5.92 Å². The minimum absolute atomic E-state index is 0.0672. The number of aryl methyl sites for hydroxylation is 1. The van der Waals surface area contributed by atoms with Crippen LogP contribution in [0.1, 0.15) is 43.4 Å². The Morgan fingerprint density at radius 1 is 1.45 bits per heavy atom. The van der Waals surface area contributed by atoms with Crippen molar-refractivity contribution in [3.8, 4) is 0 Å². The first-order chi connectivity index (χ1) is 10.6. The topological polar surface area (TPSA) is 62.7 Å². The van der Waals surface area contributed by atoms with Gasteiger partial charge < -0.3 is 14.9 Å². The van der Waals surface area contributed by atoms with Gasteiger partial charge in [-0.1, -0.05) is 13.8 Å². The van der Waals surface area contributed by atoms with Crippen LogP contribution in [-0.4, -0.2) is 27.0 Å². The Balaban J connectivity index is 1.53. The summed E-state index contributed by atoms with van der Waals surface area (Å²) in [5.41, 5.74) is 2.31. The van der Waals surface area contributed by atoms with Crippen LogP contribution in [0.3, 0.4) is 0 Å². The molecule has 0 fully saturated rings. The number of nitrogens with zero attached hydrogens (tertiary/aromatic N) is 2. The molecule has 2 heterocycles. The number of aromatic amines is 1. The van der Waals surface area contributed by atoms with E-state index >= 15 is 0 Å². The second-order valence-corrected chi connectivity index (χ2v) is 6.35. The molecule has 0 saturated carbocycles. The Bertz CT molecular complexity index is 627. The number of aromatic nitrogens is 3. The largest absolute Gasteiger partial charge is 0.354 e. The number of hydrogen-bond acceptors (Lipinski definition) is 2. The van der Waals surface area contributed by atoms with E-state index < -0.39 is 0 Å². The molecular formula is C17H24N4O. The number of amides is 1. The Kier molecular flexibility index (Phi) is 4.32. The fourth-order valence-electron chi connectivity index (χ4n) is 2.97. The summed E-state index contributed by atoms with van der Waals surface area (Å²) >= 11 is 0. The molecule has 2 aromatic heterocycles. The van der Waals surface area contributed by atoms with E-state index in [1.807, 2.05) is 24.5 Å². The van der Waals surface area contributed by atoms with Gasteiger partial charge in [0.1, 0.15) is 5.82 Å². The van der Waals surface area contributed by atoms with E-state index in [0.29, 0.717) is 12.5 Å². The lowest BCUT2D eigenvalue weighted by molar-refractivity contribution is -0.125. The van der Waals surface area contributed by atoms with Crippen molar-refractivity contribution in [1.29, 1.82) is 0 Å². The minimum atomic E-state index is 0.0672. The van der Waals surface area contributed by atoms with Gasteiger partial charge >= 0.3 is 0 Å². The third-order valence-electron chi connectivity index (χ3n) is 4.32. The molecule has 1 unspecified atom stereocenters. The van der Waals surface area contributed by atoms with Crippen LogP contribution in [0.15, 0.2) is 24.5 Å². The van der Waals surface area contributed by atoms with Crippen LogP contribution in [0.5, 0.6) is 0 Å². The van der Waals surface area contributed by atoms with E-state index in [-0.39, 0.29) is 11.8 Å². The molecule has 118 valence electrons. The number of nitrogens with one attached hydrogen (secondary N) is 2. The molecule has 1 amide bonds. The summed E-state index contributed by atoms with van der Waals surface area (Å²) in [6.45, 7) is 5.76. The van der Waals surface area contributed by atoms with Crippen LogP contribution >= 0.6 is 0 Å². The third kappa shape index (κ3) is 3.24. The van der Waals surface area contributed by atoms with Crippen molar-refractivity contribution < 1.29 is 4.79 Å². The van der Waals surface area contributed by atoms with Gasteiger partial charge in [-0.25, -0.2) is 4.98 Å². The molecule has 3 rings (SSSR count). The van der Waals surface area contributed by atoms with Crippen LogP contribution in [0.25, 0.3) is 0 Å². The zero-order chi connectivity index (χ0) is 15.5. The molecule has 2 aromatic rings. The van der Waals surface area contributed by atoms with E-state index in [1.165, 1.54) is 0 Å². The summed E-state index contributed by atoms with van der Waals surface area (Å²) in [5, 5.41) is 3.06. The maximum atomic E-state index is 12.3. The Labute approximate surface area is 131 Å². The van der Waals surface area contributed by atoms with Crippen molar-refractivity contribution in [3.63, 3.8) is 0 Å². The monoisotopic (exact) mass is 300 g/mol. The van der Waals surface area contributed by atoms with Gasteiger partial charge in [-0.05, 0) is 25.0 Å². The number of fused-ring (bicyclic) bond motifs is 1. The second kappa shape index (κ2) is 6.38. The molecule has 5 nitrogen and oxygen atoms in total. The van der Waals surface area contributed by atoms with Gasteiger partial charge in [-0.15, -0.1) is 0 Å². The fourth-order valence-corrected chi connectivity index (χ4v) is 2.97. The molecule has 22 heavy (non-hydrogen) atoms. The van der Waals surface area contributed by atoms with E-state index in [9.17, 15) is 4.79 Å². The average molecular weight is 300 g/mol. The van der Waals surface area contributed by atoms with E-state index in [0.717, 1.165) is 43.0 Å². The van der Waals surface area contributed by atoms with Crippen molar-refractivity contribution in [2.45, 2.75) is 45.6 Å². The summed E-state index contributed by atoms with van der Waals surface area (Å²) < 4.78 is 2.07. The maximum absolute atomic E-state index is 12.3. The normalized spacial score (nSPS) is 17.5. The van der Waals surface area contributed by atoms with Crippen LogP contribution in [-0.2, 0) is 24.2 Å². The van der Waals surface area contributed by atoms with Crippen LogP contribution < -0.4 is 5.32 Å². The highest BCUT2D eigenvalue weighted by Crippen LogP contribution is 2.25. The highest BCUT2D eigenvalue weighted by molar-refractivity contribution is 5.79. The molecule has 2 N–H and O–H groups in total. The molecule has 0 aliphatic heterocycles. The van der Waals surface area contributed by atoms with Crippen molar-refractivity contribution in [2.24, 2.45) is 5.92 Å². The molecule has 0 bridgehead atoms. The number of H-pyrrole nitrogens is 1. The van der Waals surface area contributed by atoms with Gasteiger partial charge in [0.15, 0.2) is 0 Å². The molecule has 1 aliphatic carbocycles. The highest BCUT2D eigenvalue weighted by Gasteiger charge is 2.27. The molecule has 5 heteroatoms. The Morgan fingerprint density at radius 2 is 2.23 bits per heavy atom. The van der Waals surface area contributed by atoms with Crippen molar-refractivity contribution >= 4 is 5.91 Å². The van der Waals surface area contributed by atoms with E-state index in [1.54, 1.807) is 0 Å². The lowest BCUT2D eigenvalue weighted by atomic mass is 9.89. The quantitative estimate of drug-likeness (QED) is 0.889. The number of carbonyl (C=O) groups is 1. The second-order valence-electron chi connectivity index (χ2n) is 6.35. The first kappa shape index (κ1) is 14.9. The third-order valence-corrected chi connectivity index (χ3v) is 4.32. The molecule has 1 atom stereocenters. The lowest BCUT2D eigenvalue weighted by Crippen LogP contribution is -2.35. The fraction of sp³-hybridized carbons (Fsp3) is 0.529. The van der Waals surface area contributed by atoms with Gasteiger partial charge in [0.05, 0.1) is 5.69 Å².